The SMILES string of the molecule is CCc1ncnc(N2CC3CN(c4ncnc5c4ncn5CC)CC3C2)c1F. The van der Waals surface area contributed by atoms with E-state index in [0.29, 0.717) is 29.8 Å². The van der Waals surface area contributed by atoms with Gasteiger partial charge in [-0.1, -0.05) is 6.92 Å². The fraction of sp³-hybridized carbons (Fsp3) is 0.526. The van der Waals surface area contributed by atoms with Gasteiger partial charge in [0.05, 0.1) is 12.0 Å². The largest absolute Gasteiger partial charge is 0.354 e. The van der Waals surface area contributed by atoms with Gasteiger partial charge in [0.2, 0.25) is 0 Å². The van der Waals surface area contributed by atoms with Crippen LogP contribution in [0, 0.1) is 17.7 Å². The number of hydrogen-bond acceptors (Lipinski definition) is 7. The van der Waals surface area contributed by atoms with E-state index in [1.54, 1.807) is 6.33 Å². The maximum absolute atomic E-state index is 14.6. The van der Waals surface area contributed by atoms with Crippen molar-refractivity contribution in [1.29, 1.82) is 0 Å². The molecule has 5 rings (SSSR count). The molecule has 0 amide bonds. The molecule has 0 aliphatic carbocycles. The smallest absolute Gasteiger partial charge is 0.187 e. The van der Waals surface area contributed by atoms with Gasteiger partial charge in [0.25, 0.3) is 0 Å². The summed E-state index contributed by atoms with van der Waals surface area (Å²) in [4.78, 5) is 26.1. The molecule has 5 heterocycles. The van der Waals surface area contributed by atoms with Gasteiger partial charge < -0.3 is 14.4 Å². The van der Waals surface area contributed by atoms with Gasteiger partial charge >= 0.3 is 0 Å². The Morgan fingerprint density at radius 3 is 2.21 bits per heavy atom. The van der Waals surface area contributed by atoms with Gasteiger partial charge in [-0.05, 0) is 13.3 Å². The highest BCUT2D eigenvalue weighted by molar-refractivity contribution is 5.83. The minimum Gasteiger partial charge on any atom is -0.354 e. The van der Waals surface area contributed by atoms with Crippen molar-refractivity contribution in [2.24, 2.45) is 11.8 Å². The van der Waals surface area contributed by atoms with Crippen LogP contribution in [-0.4, -0.2) is 55.7 Å². The number of fused-ring (bicyclic) bond motifs is 2. The van der Waals surface area contributed by atoms with Gasteiger partial charge in [-0.25, -0.2) is 29.3 Å². The Morgan fingerprint density at radius 1 is 0.893 bits per heavy atom. The van der Waals surface area contributed by atoms with E-state index >= 15 is 0 Å². The molecule has 3 aromatic heterocycles. The minimum atomic E-state index is -0.274. The summed E-state index contributed by atoms with van der Waals surface area (Å²) in [5.74, 6) is 1.98. The Labute approximate surface area is 162 Å². The molecule has 2 unspecified atom stereocenters. The van der Waals surface area contributed by atoms with Crippen molar-refractivity contribution in [1.82, 2.24) is 29.5 Å². The van der Waals surface area contributed by atoms with Crippen molar-refractivity contribution in [3.8, 4) is 0 Å². The topological polar surface area (TPSA) is 75.9 Å². The Bertz CT molecular complexity index is 1000. The van der Waals surface area contributed by atoms with Gasteiger partial charge in [-0.3, -0.25) is 0 Å². The predicted molar refractivity (Wildman–Crippen MR) is 104 cm³/mol. The molecule has 3 aromatic rings. The van der Waals surface area contributed by atoms with Crippen LogP contribution in [0.2, 0.25) is 0 Å². The van der Waals surface area contributed by atoms with Gasteiger partial charge in [0.1, 0.15) is 12.7 Å². The number of imidazole rings is 1. The first-order chi connectivity index (χ1) is 13.7. The highest BCUT2D eigenvalue weighted by Gasteiger charge is 2.42. The van der Waals surface area contributed by atoms with E-state index in [4.69, 9.17) is 0 Å². The van der Waals surface area contributed by atoms with Crippen molar-refractivity contribution < 1.29 is 4.39 Å². The number of aryl methyl sites for hydroxylation is 2. The Kier molecular flexibility index (Phi) is 4.10. The summed E-state index contributed by atoms with van der Waals surface area (Å²) < 4.78 is 16.7. The van der Waals surface area contributed by atoms with E-state index in [1.807, 2.05) is 17.8 Å². The predicted octanol–water partition coefficient (Wildman–Crippen LogP) is 1.91. The second-order valence-corrected chi connectivity index (χ2v) is 7.54. The molecule has 0 saturated carbocycles. The van der Waals surface area contributed by atoms with Crippen molar-refractivity contribution >= 4 is 22.8 Å². The highest BCUT2D eigenvalue weighted by Crippen LogP contribution is 2.37. The van der Waals surface area contributed by atoms with Crippen LogP contribution >= 0.6 is 0 Å². The average molecular weight is 382 g/mol. The Balaban J connectivity index is 1.36. The van der Waals surface area contributed by atoms with Crippen molar-refractivity contribution in [2.45, 2.75) is 26.8 Å². The molecule has 0 aromatic carbocycles. The summed E-state index contributed by atoms with van der Waals surface area (Å²) >= 11 is 0. The number of halogens is 1. The number of hydrogen-bond donors (Lipinski definition) is 0. The zero-order chi connectivity index (χ0) is 19.3. The van der Waals surface area contributed by atoms with Crippen molar-refractivity contribution in [2.75, 3.05) is 36.0 Å². The average Bonchev–Trinajstić information content (AvgIpc) is 3.40. The third kappa shape index (κ3) is 2.60. The maximum Gasteiger partial charge on any atom is 0.187 e. The van der Waals surface area contributed by atoms with Crippen LogP contribution < -0.4 is 9.80 Å². The van der Waals surface area contributed by atoms with E-state index in [0.717, 1.165) is 49.7 Å². The molecule has 146 valence electrons. The molecule has 9 heteroatoms. The second-order valence-electron chi connectivity index (χ2n) is 7.54. The van der Waals surface area contributed by atoms with Gasteiger partial charge in [0, 0.05) is 44.6 Å². The van der Waals surface area contributed by atoms with E-state index in [2.05, 4.69) is 41.6 Å². The molecule has 0 bridgehead atoms. The van der Waals surface area contributed by atoms with Crippen LogP contribution in [-0.2, 0) is 13.0 Å². The lowest BCUT2D eigenvalue weighted by Crippen LogP contribution is -2.30. The first kappa shape index (κ1) is 17.3. The van der Waals surface area contributed by atoms with Gasteiger partial charge in [0.15, 0.2) is 28.6 Å². The lowest BCUT2D eigenvalue weighted by Gasteiger charge is -2.23. The zero-order valence-corrected chi connectivity index (χ0v) is 16.1. The molecule has 2 saturated heterocycles. The normalized spacial score (nSPS) is 21.7. The maximum atomic E-state index is 14.6. The fourth-order valence-corrected chi connectivity index (χ4v) is 4.53. The van der Waals surface area contributed by atoms with E-state index in [9.17, 15) is 4.39 Å². The number of aromatic nitrogens is 6. The summed E-state index contributed by atoms with van der Waals surface area (Å²) in [5, 5.41) is 0. The third-order valence-electron chi connectivity index (χ3n) is 5.99. The molecular weight excluding hydrogens is 359 g/mol. The molecule has 2 atom stereocenters. The molecule has 0 spiro atoms. The van der Waals surface area contributed by atoms with Crippen LogP contribution in [0.3, 0.4) is 0 Å². The first-order valence-electron chi connectivity index (χ1n) is 9.84. The zero-order valence-electron chi connectivity index (χ0n) is 16.1. The van der Waals surface area contributed by atoms with Crippen LogP contribution in [0.15, 0.2) is 19.0 Å². The Hall–Kier alpha value is -2.84. The van der Waals surface area contributed by atoms with Crippen LogP contribution in [0.1, 0.15) is 19.5 Å². The van der Waals surface area contributed by atoms with Crippen molar-refractivity contribution in [3.63, 3.8) is 0 Å². The van der Waals surface area contributed by atoms with Crippen LogP contribution in [0.25, 0.3) is 11.2 Å². The third-order valence-corrected chi connectivity index (χ3v) is 5.99. The lowest BCUT2D eigenvalue weighted by molar-refractivity contribution is 0.533. The summed E-state index contributed by atoms with van der Waals surface area (Å²) in [5.41, 5.74) is 2.22. The first-order valence-corrected chi connectivity index (χ1v) is 9.84. The van der Waals surface area contributed by atoms with Crippen LogP contribution in [0.5, 0.6) is 0 Å². The van der Waals surface area contributed by atoms with Crippen molar-refractivity contribution in [3.05, 3.63) is 30.5 Å². The minimum absolute atomic E-state index is 0.274. The molecule has 2 fully saturated rings. The summed E-state index contributed by atoms with van der Waals surface area (Å²) in [6.07, 6.45) is 5.49. The van der Waals surface area contributed by atoms with E-state index in [-0.39, 0.29) is 5.82 Å². The molecular formula is C19H23FN8. The standard InChI is InChI=1S/C19H23FN8/c1-3-14-15(20)17(22-9-21-14)27-5-12-7-28(8-13(12)6-27)19-16-18(23-10-24-19)26(4-2)11-25-16/h9-13H,3-8H2,1-2H3. The van der Waals surface area contributed by atoms with Gasteiger partial charge in [-0.15, -0.1) is 0 Å². The second kappa shape index (κ2) is 6.65. The summed E-state index contributed by atoms with van der Waals surface area (Å²) in [7, 11) is 0. The molecule has 28 heavy (non-hydrogen) atoms. The number of rotatable bonds is 4. The van der Waals surface area contributed by atoms with Gasteiger partial charge in [-0.2, -0.15) is 0 Å². The molecule has 8 nitrogen and oxygen atoms in total. The number of anilines is 2. The molecule has 2 aliphatic heterocycles. The monoisotopic (exact) mass is 382 g/mol. The Morgan fingerprint density at radius 2 is 1.54 bits per heavy atom. The van der Waals surface area contributed by atoms with E-state index in [1.165, 1.54) is 6.33 Å². The fourth-order valence-electron chi connectivity index (χ4n) is 4.53. The molecule has 2 aliphatic rings. The highest BCUT2D eigenvalue weighted by atomic mass is 19.1. The molecule has 0 N–H and O–H groups in total. The summed E-state index contributed by atoms with van der Waals surface area (Å²) in [6, 6.07) is 0. The lowest BCUT2D eigenvalue weighted by atomic mass is 10.0. The molecule has 0 radical (unpaired) electrons. The summed E-state index contributed by atoms with van der Waals surface area (Å²) in [6.45, 7) is 8.20. The number of nitrogens with zero attached hydrogens (tertiary/aromatic N) is 8. The quantitative estimate of drug-likeness (QED) is 0.682. The van der Waals surface area contributed by atoms with Crippen LogP contribution in [0.4, 0.5) is 16.0 Å². The van der Waals surface area contributed by atoms with E-state index < -0.39 is 0 Å².